The Labute approximate surface area is 439 Å². The van der Waals surface area contributed by atoms with E-state index >= 15 is 0 Å². The van der Waals surface area contributed by atoms with Crippen molar-refractivity contribution in [3.05, 3.63) is 190 Å². The molecule has 6 aromatic carbocycles. The number of Topliss-reactive ketones (excluding diaryl/α,β-unsaturated/α-hetero) is 2. The van der Waals surface area contributed by atoms with E-state index in [2.05, 4.69) is 46.2 Å². The van der Waals surface area contributed by atoms with Crippen molar-refractivity contribution in [2.45, 2.75) is 41.5 Å². The van der Waals surface area contributed by atoms with E-state index in [0.29, 0.717) is 59.9 Å². The Morgan fingerprint density at radius 2 is 0.971 bits per heavy atom. The van der Waals surface area contributed by atoms with Crippen LogP contribution in [-0.2, 0) is 31.2 Å². The zero-order valence-electron chi connectivity index (χ0n) is 39.9. The molecule has 0 bridgehead atoms. The molecule has 361 valence electrons. The molecule has 0 unspecified atom stereocenters. The van der Waals surface area contributed by atoms with Gasteiger partial charge in [-0.15, -0.1) is 24.8 Å². The van der Waals surface area contributed by atoms with E-state index in [-0.39, 0.29) is 36.4 Å². The van der Waals surface area contributed by atoms with Crippen LogP contribution in [0.5, 0.6) is 11.8 Å². The summed E-state index contributed by atoms with van der Waals surface area (Å²) in [5, 5.41) is 0. The summed E-state index contributed by atoms with van der Waals surface area (Å²) in [5.41, 5.74) is 14.9. The molecule has 0 atom stereocenters. The number of rotatable bonds is 12. The van der Waals surface area contributed by atoms with Crippen molar-refractivity contribution in [1.29, 1.82) is 0 Å². The first kappa shape index (κ1) is 54.4. The molecule has 2 aromatic heterocycles. The second-order valence-electron chi connectivity index (χ2n) is 16.2. The summed E-state index contributed by atoms with van der Waals surface area (Å²) < 4.78 is 12.6. The number of carbonyl (C=O) groups excluding carboxylic acids is 2. The third-order valence-corrected chi connectivity index (χ3v) is 12.0. The van der Waals surface area contributed by atoms with Gasteiger partial charge in [0.05, 0.1) is 30.3 Å². The molecule has 0 fully saturated rings. The third-order valence-electron chi connectivity index (χ3n) is 11.2. The summed E-state index contributed by atoms with van der Waals surface area (Å²) >= 11 is 10.1. The monoisotopic (exact) mass is 1060 g/mol. The van der Waals surface area contributed by atoms with Crippen LogP contribution < -0.4 is 18.5 Å². The van der Waals surface area contributed by atoms with Crippen LogP contribution >= 0.6 is 24.8 Å². The van der Waals surface area contributed by atoms with Gasteiger partial charge >= 0.3 is 223 Å². The van der Waals surface area contributed by atoms with Gasteiger partial charge in [-0.05, 0) is 43.5 Å². The number of methoxy groups -OCH3 is 2. The van der Waals surface area contributed by atoms with Crippen molar-refractivity contribution in [2.75, 3.05) is 14.2 Å². The van der Waals surface area contributed by atoms with Crippen LogP contribution in [0, 0.1) is 41.5 Å². The predicted octanol–water partition coefficient (Wildman–Crippen LogP) is 13.1. The van der Waals surface area contributed by atoms with Gasteiger partial charge in [-0.25, -0.2) is 4.98 Å². The molecule has 8 nitrogen and oxygen atoms in total. The molecule has 8 aromatic rings. The number of hydrogen-bond donors (Lipinski definition) is 0. The molecule has 0 aliphatic rings. The van der Waals surface area contributed by atoms with Gasteiger partial charge in [0.15, 0.2) is 0 Å². The topological polar surface area (TPSA) is 103 Å². The number of carbonyl (C=O) groups is 2. The van der Waals surface area contributed by atoms with Gasteiger partial charge in [0, 0.05) is 11.1 Å². The quantitative estimate of drug-likeness (QED) is 0.0686. The summed E-state index contributed by atoms with van der Waals surface area (Å²) in [6.07, 6.45) is 4.29. The second kappa shape index (κ2) is 24.9. The van der Waals surface area contributed by atoms with E-state index in [0.717, 1.165) is 55.9 Å². The van der Waals surface area contributed by atoms with Crippen molar-refractivity contribution < 1.29 is 50.3 Å². The van der Waals surface area contributed by atoms with Crippen molar-refractivity contribution >= 4 is 69.2 Å². The molecule has 2 heterocycles. The molecule has 0 aliphatic carbocycles. The number of aryl methyl sites for hydroxylation is 6. The average Bonchev–Trinajstić information content (AvgIpc) is 3.33. The second-order valence-corrected chi connectivity index (χ2v) is 17.3. The molecule has 8 rings (SSSR count). The number of ether oxygens (including phenoxy) is 2. The maximum atomic E-state index is 13.6. The number of aliphatic imine (C=N–C) groups is 2. The Kier molecular flexibility index (Phi) is 19.3. The van der Waals surface area contributed by atoms with Gasteiger partial charge < -0.3 is 4.74 Å². The number of benzene rings is 6. The van der Waals surface area contributed by atoms with Gasteiger partial charge in [-0.3, -0.25) is 9.79 Å². The van der Waals surface area contributed by atoms with E-state index in [1.165, 1.54) is 24.2 Å². The minimum atomic E-state index is -0.276. The number of ketones is 2. The summed E-state index contributed by atoms with van der Waals surface area (Å²) in [5.74, 6) is 0.329. The summed E-state index contributed by atoms with van der Waals surface area (Å²) in [7, 11) is 3.14. The Bertz CT molecular complexity index is 3160. The van der Waals surface area contributed by atoms with E-state index in [4.69, 9.17) is 45.7 Å². The molecule has 0 aliphatic heterocycles. The van der Waals surface area contributed by atoms with Gasteiger partial charge in [-0.1, -0.05) is 78.4 Å². The van der Waals surface area contributed by atoms with Crippen LogP contribution in [0.4, 0.5) is 11.4 Å². The first-order valence-electron chi connectivity index (χ1n) is 21.8. The normalized spacial score (nSPS) is 10.8. The molecule has 0 amide bonds. The van der Waals surface area contributed by atoms with Crippen LogP contribution in [0.25, 0.3) is 44.6 Å². The molecule has 0 saturated carbocycles. The summed E-state index contributed by atoms with van der Waals surface area (Å²) in [4.78, 5) is 45.5. The Morgan fingerprint density at radius 3 is 1.43 bits per heavy atom. The number of hydrogen-bond acceptors (Lipinski definition) is 8. The van der Waals surface area contributed by atoms with E-state index < -0.39 is 0 Å². The average molecular weight is 1060 g/mol. The van der Waals surface area contributed by atoms with Crippen molar-refractivity contribution in [3.8, 4) is 56.4 Å². The van der Waals surface area contributed by atoms with E-state index in [9.17, 15) is 9.59 Å². The largest absolute Gasteiger partial charge is 0.147 e. The van der Waals surface area contributed by atoms with Crippen LogP contribution in [0.1, 0.15) is 54.1 Å². The van der Waals surface area contributed by atoms with Crippen molar-refractivity contribution in [3.63, 3.8) is 0 Å². The zero-order chi connectivity index (χ0) is 48.5. The fourth-order valence-electron chi connectivity index (χ4n) is 8.31. The minimum absolute atomic E-state index is 0. The molecule has 0 N–H and O–H groups in total. The van der Waals surface area contributed by atoms with Crippen LogP contribution in [0.15, 0.2) is 156 Å². The first-order valence-corrected chi connectivity index (χ1v) is 22.8. The molecule has 0 saturated heterocycles. The molecule has 70 heavy (non-hydrogen) atoms. The van der Waals surface area contributed by atoms with Gasteiger partial charge in [0.25, 0.3) is 0 Å². The van der Waals surface area contributed by atoms with Gasteiger partial charge in [0.2, 0.25) is 11.7 Å². The molecule has 12 heteroatoms. The molecular weight excluding hydrogens is 1010 g/mol. The Morgan fingerprint density at radius 1 is 0.529 bits per heavy atom. The maximum Gasteiger partial charge on any atom is -0.147 e. The first-order chi connectivity index (χ1) is 32.8. The van der Waals surface area contributed by atoms with Gasteiger partial charge in [-0.2, -0.15) is 0 Å². The molecule has 0 spiro atoms. The smallest absolute Gasteiger partial charge is 0.147 e. The zero-order valence-corrected chi connectivity index (χ0v) is 43.6. The van der Waals surface area contributed by atoms with Crippen molar-refractivity contribution in [1.82, 2.24) is 9.97 Å². The Hall–Kier alpha value is -6.52. The van der Waals surface area contributed by atoms with Crippen molar-refractivity contribution in [2.24, 2.45) is 9.98 Å². The third kappa shape index (κ3) is 12.4. The van der Waals surface area contributed by atoms with Crippen LogP contribution in [-0.4, -0.2) is 48.2 Å². The standard InChI is InChI=1S/C29H24N2O2.C29H26N2O2.2ClH.Co.Ni/c1-19-15-20(2)28(21(3)16-19)30-18-25(32)24-17-31-29(33-4)27(23-13-9-6-10-14-23)26(24)22-11-7-5-8-12-22;1-19-15-20(2)28(21(3)16-19)30-18-26(32)24-17-25(22-11-7-5-8-12-22)31-29(33-4)27(24)23-13-9-6-10-14-23;;;;/h5-10,13-18H,1-4H3;5-18H,1-4H3;2*1H;;. The van der Waals surface area contributed by atoms with Gasteiger partial charge in [0.1, 0.15) is 0 Å². The summed E-state index contributed by atoms with van der Waals surface area (Å²) in [6.45, 7) is 12.1. The van der Waals surface area contributed by atoms with Crippen LogP contribution in [0.2, 0.25) is 0 Å². The van der Waals surface area contributed by atoms with E-state index in [1.807, 2.05) is 150 Å². The minimum Gasteiger partial charge on any atom is -0.147 e. The SMILES string of the molecule is COc1nc(-c2ccccc2)cc(C(=O)C=Nc2c(C)cc(C)cc2C)c1-c1ccccc1.COc1ncc(C(=O)C=Nc2c(C)cc(C)cc2C)c(-c2[c]([Co])ccc[c]2[Ni])c1-c1ccccc1.Cl.Cl. The van der Waals surface area contributed by atoms with E-state index in [1.54, 1.807) is 14.2 Å². The molecule has 0 radical (unpaired) electrons. The fourth-order valence-corrected chi connectivity index (χ4v) is 9.12. The molecular formula is C58H52Cl2CoN4NiO4. The predicted molar refractivity (Wildman–Crippen MR) is 283 cm³/mol. The Balaban J connectivity index is 0.000000254. The number of aromatic nitrogens is 2. The number of pyridine rings is 2. The number of halogens is 2. The van der Waals surface area contributed by atoms with Crippen LogP contribution in [0.3, 0.4) is 0 Å². The summed E-state index contributed by atoms with van der Waals surface area (Å²) in [6, 6.07) is 44.8. The maximum absolute atomic E-state index is 13.6. The number of nitrogens with zero attached hydrogens (tertiary/aromatic N) is 4. The fraction of sp³-hybridized carbons (Fsp3) is 0.138.